The van der Waals surface area contributed by atoms with Crippen LogP contribution in [0.15, 0.2) is 132 Å². The van der Waals surface area contributed by atoms with Crippen LogP contribution in [0.5, 0.6) is 5.75 Å². The van der Waals surface area contributed by atoms with E-state index in [0.717, 1.165) is 10.8 Å². The van der Waals surface area contributed by atoms with E-state index in [0.29, 0.717) is 16.9 Å². The number of nitrogens with zero attached hydrogens (tertiary/aromatic N) is 2. The monoisotopic (exact) mass is 576 g/mol. The molecular weight excluding hydrogens is 552 g/mol. The average molecular weight is 577 g/mol. The number of hydrogen-bond donors (Lipinski definition) is 0. The van der Waals surface area contributed by atoms with Crippen molar-refractivity contribution in [1.82, 2.24) is 0 Å². The van der Waals surface area contributed by atoms with Crippen molar-refractivity contribution < 1.29 is 27.0 Å². The first-order chi connectivity index (χ1) is 20.4. The van der Waals surface area contributed by atoms with E-state index >= 15 is 0 Å². The molecule has 2 fully saturated rings. The molecule has 42 heavy (non-hydrogen) atoms. The van der Waals surface area contributed by atoms with E-state index < -0.39 is 40.0 Å². The van der Waals surface area contributed by atoms with E-state index in [2.05, 4.69) is 0 Å². The molecule has 2 aliphatic rings. The van der Waals surface area contributed by atoms with Gasteiger partial charge in [-0.2, -0.15) is 8.42 Å². The molecule has 0 aliphatic carbocycles. The van der Waals surface area contributed by atoms with Gasteiger partial charge >= 0.3 is 10.1 Å². The Kier molecular flexibility index (Phi) is 6.26. The molecule has 0 N–H and O–H groups in total. The van der Waals surface area contributed by atoms with Gasteiger partial charge in [-0.05, 0) is 41.8 Å². The second-order valence-electron chi connectivity index (χ2n) is 10.1. The van der Waals surface area contributed by atoms with Gasteiger partial charge in [0.25, 0.3) is 5.91 Å². The normalized spacial score (nSPS) is 20.2. The highest BCUT2D eigenvalue weighted by atomic mass is 32.2. The van der Waals surface area contributed by atoms with Crippen LogP contribution >= 0.6 is 0 Å². The minimum absolute atomic E-state index is 0.00508. The second-order valence-corrected chi connectivity index (χ2v) is 11.6. The summed E-state index contributed by atoms with van der Waals surface area (Å²) in [6.07, 6.45) is -1.12. The maximum Gasteiger partial charge on any atom is 0.339 e. The molecule has 2 aliphatic heterocycles. The van der Waals surface area contributed by atoms with Crippen LogP contribution < -0.4 is 14.1 Å². The van der Waals surface area contributed by atoms with Gasteiger partial charge in [-0.1, -0.05) is 91.0 Å². The van der Waals surface area contributed by atoms with Crippen LogP contribution in [0.2, 0.25) is 0 Å². The molecule has 8 nitrogen and oxygen atoms in total. The van der Waals surface area contributed by atoms with E-state index in [1.54, 1.807) is 60.7 Å². The molecule has 3 atom stereocenters. The van der Waals surface area contributed by atoms with Crippen molar-refractivity contribution in [2.24, 2.45) is 5.92 Å². The number of rotatable bonds is 6. The van der Waals surface area contributed by atoms with Gasteiger partial charge in [0.05, 0.1) is 17.4 Å². The first kappa shape index (κ1) is 25.9. The molecule has 0 aromatic heterocycles. The third-order valence-electron chi connectivity index (χ3n) is 7.60. The molecule has 5 aromatic carbocycles. The van der Waals surface area contributed by atoms with Crippen LogP contribution in [0.4, 0.5) is 11.4 Å². The van der Waals surface area contributed by atoms with Gasteiger partial charge in [-0.3, -0.25) is 14.4 Å². The summed E-state index contributed by atoms with van der Waals surface area (Å²) in [5, 5.41) is 3.17. The van der Waals surface area contributed by atoms with Crippen molar-refractivity contribution in [3.63, 3.8) is 0 Å². The predicted octanol–water partition coefficient (Wildman–Crippen LogP) is 5.66. The molecule has 208 valence electrons. The first-order valence-electron chi connectivity index (χ1n) is 13.4. The zero-order valence-corrected chi connectivity index (χ0v) is 22.9. The van der Waals surface area contributed by atoms with Crippen molar-refractivity contribution in [1.29, 1.82) is 0 Å². The fourth-order valence-corrected chi connectivity index (χ4v) is 6.70. The van der Waals surface area contributed by atoms with Gasteiger partial charge in [-0.25, -0.2) is 9.96 Å². The molecular formula is C33H24N2O6S. The summed E-state index contributed by atoms with van der Waals surface area (Å²) >= 11 is 0. The Labute approximate surface area is 242 Å². The number of hydroxylamine groups is 1. The number of carbonyl (C=O) groups excluding carboxylic acids is 2. The Bertz CT molecular complexity index is 1930. The largest absolute Gasteiger partial charge is 0.379 e. The summed E-state index contributed by atoms with van der Waals surface area (Å²) in [6, 6.07) is 35.7. The maximum atomic E-state index is 14.3. The summed E-state index contributed by atoms with van der Waals surface area (Å²) in [7, 11) is -4.19. The fourth-order valence-electron chi connectivity index (χ4n) is 5.72. The lowest BCUT2D eigenvalue weighted by Crippen LogP contribution is -2.37. The van der Waals surface area contributed by atoms with Gasteiger partial charge < -0.3 is 4.18 Å². The number of imide groups is 1. The molecule has 7 rings (SSSR count). The Morgan fingerprint density at radius 3 is 2.10 bits per heavy atom. The van der Waals surface area contributed by atoms with Crippen molar-refractivity contribution in [2.75, 3.05) is 9.96 Å². The van der Waals surface area contributed by atoms with E-state index in [4.69, 9.17) is 9.02 Å². The summed E-state index contributed by atoms with van der Waals surface area (Å²) in [6.45, 7) is 0. The van der Waals surface area contributed by atoms with Crippen molar-refractivity contribution in [3.8, 4) is 5.75 Å². The van der Waals surface area contributed by atoms with Gasteiger partial charge in [0.15, 0.2) is 6.10 Å². The van der Waals surface area contributed by atoms with Crippen LogP contribution in [0.1, 0.15) is 11.6 Å². The molecule has 2 heterocycles. The predicted molar refractivity (Wildman–Crippen MR) is 157 cm³/mol. The lowest BCUT2D eigenvalue weighted by atomic mass is 9.90. The number of amides is 2. The van der Waals surface area contributed by atoms with E-state index in [9.17, 15) is 18.0 Å². The molecule has 0 bridgehead atoms. The Morgan fingerprint density at radius 1 is 0.667 bits per heavy atom. The van der Waals surface area contributed by atoms with Crippen molar-refractivity contribution in [3.05, 3.63) is 133 Å². The lowest BCUT2D eigenvalue weighted by molar-refractivity contribution is -0.126. The Balaban J connectivity index is 1.34. The summed E-state index contributed by atoms with van der Waals surface area (Å²) in [5.41, 5.74) is 1.48. The van der Waals surface area contributed by atoms with Gasteiger partial charge in [0.2, 0.25) is 5.91 Å². The van der Waals surface area contributed by atoms with Crippen LogP contribution in [0.25, 0.3) is 10.8 Å². The standard InChI is InChI=1S/C33H24N2O6S/c36-32-29-30(26-19-9-10-21-28(26)41-42(38,39)24-16-5-2-6-17-24)35(23-14-3-1-4-15-23)40-31(29)33(37)34(32)27-20-11-13-22-12-7-8-18-25(22)27/h1-21,29-31H/t29-,30-,31+/m0/s1. The smallest absolute Gasteiger partial charge is 0.339 e. The number of anilines is 2. The molecule has 9 heteroatoms. The van der Waals surface area contributed by atoms with Crippen LogP contribution in [0, 0.1) is 5.92 Å². The molecule has 0 saturated carbocycles. The number of carbonyl (C=O) groups is 2. The highest BCUT2D eigenvalue weighted by Crippen LogP contribution is 2.50. The maximum absolute atomic E-state index is 14.3. The second kappa shape index (κ2) is 10.1. The van der Waals surface area contributed by atoms with E-state index in [1.165, 1.54) is 28.2 Å². The third-order valence-corrected chi connectivity index (χ3v) is 8.85. The molecule has 0 unspecified atom stereocenters. The quantitative estimate of drug-likeness (QED) is 0.190. The fraction of sp³-hybridized carbons (Fsp3) is 0.0909. The average Bonchev–Trinajstić information content (AvgIpc) is 3.53. The molecule has 2 amide bonds. The topological polar surface area (TPSA) is 93.2 Å². The first-order valence-corrected chi connectivity index (χ1v) is 14.8. The molecule has 2 saturated heterocycles. The van der Waals surface area contributed by atoms with Gasteiger partial charge in [-0.15, -0.1) is 0 Å². The summed E-state index contributed by atoms with van der Waals surface area (Å²) in [5.74, 6) is -1.85. The summed E-state index contributed by atoms with van der Waals surface area (Å²) in [4.78, 5) is 35.6. The number of fused-ring (bicyclic) bond motifs is 2. The SMILES string of the molecule is O=C1[C@@H]2[C@@H](ON(c3ccccc3)[C@H]2c2ccccc2OS(=O)(=O)c2ccccc2)C(=O)N1c1cccc2ccccc12. The van der Waals surface area contributed by atoms with E-state index in [-0.39, 0.29) is 10.6 Å². The zero-order valence-electron chi connectivity index (χ0n) is 22.1. The van der Waals surface area contributed by atoms with Crippen LogP contribution in [0.3, 0.4) is 0 Å². The van der Waals surface area contributed by atoms with Crippen LogP contribution in [-0.2, 0) is 24.5 Å². The lowest BCUT2D eigenvalue weighted by Gasteiger charge is -2.29. The van der Waals surface area contributed by atoms with E-state index in [1.807, 2.05) is 48.5 Å². The third kappa shape index (κ3) is 4.22. The van der Waals surface area contributed by atoms with Crippen molar-refractivity contribution in [2.45, 2.75) is 17.0 Å². The van der Waals surface area contributed by atoms with Crippen LogP contribution in [-0.4, -0.2) is 26.3 Å². The minimum Gasteiger partial charge on any atom is -0.379 e. The number of benzene rings is 5. The molecule has 0 radical (unpaired) electrons. The highest BCUT2D eigenvalue weighted by Gasteiger charge is 2.61. The zero-order chi connectivity index (χ0) is 28.8. The Morgan fingerprint density at radius 2 is 1.31 bits per heavy atom. The van der Waals surface area contributed by atoms with Gasteiger partial charge in [0, 0.05) is 10.9 Å². The molecule has 5 aromatic rings. The summed E-state index contributed by atoms with van der Waals surface area (Å²) < 4.78 is 32.1. The number of hydrogen-bond acceptors (Lipinski definition) is 7. The molecule has 0 spiro atoms. The highest BCUT2D eigenvalue weighted by molar-refractivity contribution is 7.87. The Hall–Kier alpha value is -4.99. The number of para-hydroxylation sites is 2. The van der Waals surface area contributed by atoms with Gasteiger partial charge in [0.1, 0.15) is 16.6 Å². The minimum atomic E-state index is -4.19. The van der Waals surface area contributed by atoms with Crippen molar-refractivity contribution >= 4 is 44.1 Å².